The van der Waals surface area contributed by atoms with Crippen LogP contribution in [-0.4, -0.2) is 66.9 Å². The topological polar surface area (TPSA) is 78.7 Å². The van der Waals surface area contributed by atoms with E-state index in [0.29, 0.717) is 39.3 Å². The van der Waals surface area contributed by atoms with E-state index in [9.17, 15) is 9.59 Å². The number of rotatable bonds is 5. The smallest absolute Gasteiger partial charge is 0.239 e. The van der Waals surface area contributed by atoms with E-state index in [4.69, 9.17) is 5.73 Å². The van der Waals surface area contributed by atoms with E-state index in [-0.39, 0.29) is 11.8 Å². The molecule has 1 atom stereocenters. The van der Waals surface area contributed by atoms with Crippen molar-refractivity contribution in [3.05, 3.63) is 12.7 Å². The lowest BCUT2D eigenvalue weighted by Crippen LogP contribution is -2.54. The number of nitrogens with one attached hydrogen (secondary N) is 1. The summed E-state index contributed by atoms with van der Waals surface area (Å²) in [7, 11) is 0. The van der Waals surface area contributed by atoms with Crippen molar-refractivity contribution in [3.8, 4) is 0 Å². The summed E-state index contributed by atoms with van der Waals surface area (Å²) in [5, 5.41) is 2.73. The number of piperazine rings is 1. The second-order valence-electron chi connectivity index (χ2n) is 4.48. The second kappa shape index (κ2) is 7.13. The van der Waals surface area contributed by atoms with Crippen LogP contribution in [0.5, 0.6) is 0 Å². The predicted molar refractivity (Wildman–Crippen MR) is 69.9 cm³/mol. The van der Waals surface area contributed by atoms with E-state index in [1.54, 1.807) is 17.9 Å². The minimum atomic E-state index is -0.451. The van der Waals surface area contributed by atoms with Crippen LogP contribution in [0.4, 0.5) is 0 Å². The molecule has 1 rings (SSSR count). The molecule has 0 aromatic carbocycles. The molecule has 0 unspecified atom stereocenters. The van der Waals surface area contributed by atoms with Crippen LogP contribution < -0.4 is 11.1 Å². The Kier molecular flexibility index (Phi) is 5.80. The molecule has 0 aromatic heterocycles. The highest BCUT2D eigenvalue weighted by atomic mass is 16.2. The van der Waals surface area contributed by atoms with Crippen LogP contribution in [-0.2, 0) is 9.59 Å². The van der Waals surface area contributed by atoms with Crippen LogP contribution in [0.1, 0.15) is 6.92 Å². The van der Waals surface area contributed by atoms with Crippen molar-refractivity contribution >= 4 is 11.8 Å². The van der Waals surface area contributed by atoms with Gasteiger partial charge >= 0.3 is 0 Å². The molecule has 1 aliphatic heterocycles. The Morgan fingerprint density at radius 3 is 2.50 bits per heavy atom. The average molecular weight is 254 g/mol. The number of nitrogens with zero attached hydrogens (tertiary/aromatic N) is 2. The molecule has 2 amide bonds. The zero-order valence-corrected chi connectivity index (χ0v) is 10.9. The third-order valence-corrected chi connectivity index (χ3v) is 2.88. The number of carbonyl (C=O) groups is 2. The standard InChI is InChI=1S/C12H22N4O2/c1-3-4-14-11(17)9-15-5-7-16(8-6-15)12(18)10(2)13/h3,10H,1,4-9,13H2,2H3,(H,14,17)/t10-/m0/s1. The average Bonchev–Trinajstić information content (AvgIpc) is 2.36. The fraction of sp³-hybridized carbons (Fsp3) is 0.667. The van der Waals surface area contributed by atoms with Gasteiger partial charge in [-0.25, -0.2) is 0 Å². The number of nitrogens with two attached hydrogens (primary N) is 1. The van der Waals surface area contributed by atoms with Crippen LogP contribution in [0.2, 0.25) is 0 Å². The first kappa shape index (κ1) is 14.7. The molecule has 0 aliphatic carbocycles. The maximum absolute atomic E-state index is 11.7. The highest BCUT2D eigenvalue weighted by molar-refractivity contribution is 5.81. The normalized spacial score (nSPS) is 18.2. The van der Waals surface area contributed by atoms with Crippen LogP contribution in [0, 0.1) is 0 Å². The van der Waals surface area contributed by atoms with Crippen molar-refractivity contribution in [2.24, 2.45) is 5.73 Å². The van der Waals surface area contributed by atoms with Gasteiger partial charge in [0.1, 0.15) is 0 Å². The summed E-state index contributed by atoms with van der Waals surface area (Å²) in [5.74, 6) is -0.0346. The van der Waals surface area contributed by atoms with E-state index in [0.717, 1.165) is 0 Å². The molecular weight excluding hydrogens is 232 g/mol. The Bertz CT molecular complexity index is 309. The summed E-state index contributed by atoms with van der Waals surface area (Å²) < 4.78 is 0. The van der Waals surface area contributed by atoms with Crippen LogP contribution in [0.25, 0.3) is 0 Å². The van der Waals surface area contributed by atoms with Crippen molar-refractivity contribution in [3.63, 3.8) is 0 Å². The van der Waals surface area contributed by atoms with E-state index in [1.807, 2.05) is 4.90 Å². The molecule has 102 valence electrons. The Morgan fingerprint density at radius 2 is 2.00 bits per heavy atom. The van der Waals surface area contributed by atoms with E-state index in [1.165, 1.54) is 0 Å². The molecule has 1 saturated heterocycles. The van der Waals surface area contributed by atoms with Gasteiger partial charge in [-0.05, 0) is 6.92 Å². The monoisotopic (exact) mass is 254 g/mol. The Balaban J connectivity index is 2.29. The van der Waals surface area contributed by atoms with Crippen molar-refractivity contribution in [2.75, 3.05) is 39.3 Å². The van der Waals surface area contributed by atoms with Gasteiger partial charge in [-0.2, -0.15) is 0 Å². The maximum atomic E-state index is 11.7. The summed E-state index contributed by atoms with van der Waals surface area (Å²) >= 11 is 0. The van der Waals surface area contributed by atoms with E-state index < -0.39 is 6.04 Å². The number of hydrogen-bond donors (Lipinski definition) is 2. The largest absolute Gasteiger partial charge is 0.352 e. The highest BCUT2D eigenvalue weighted by Gasteiger charge is 2.23. The number of carbonyl (C=O) groups excluding carboxylic acids is 2. The number of amides is 2. The van der Waals surface area contributed by atoms with Gasteiger partial charge in [0.25, 0.3) is 0 Å². The summed E-state index contributed by atoms with van der Waals surface area (Å²) in [4.78, 5) is 26.9. The predicted octanol–water partition coefficient (Wildman–Crippen LogP) is -1.22. The molecule has 6 nitrogen and oxygen atoms in total. The minimum absolute atomic E-state index is 0.0122. The van der Waals surface area contributed by atoms with Gasteiger partial charge in [0.2, 0.25) is 11.8 Å². The van der Waals surface area contributed by atoms with Crippen molar-refractivity contribution in [1.82, 2.24) is 15.1 Å². The molecular formula is C12H22N4O2. The first-order valence-corrected chi connectivity index (χ1v) is 6.19. The zero-order chi connectivity index (χ0) is 13.5. The van der Waals surface area contributed by atoms with Crippen molar-refractivity contribution in [2.45, 2.75) is 13.0 Å². The summed E-state index contributed by atoms with van der Waals surface area (Å²) in [6, 6.07) is -0.451. The molecule has 1 fully saturated rings. The van der Waals surface area contributed by atoms with Crippen LogP contribution in [0.15, 0.2) is 12.7 Å². The molecule has 0 saturated carbocycles. The van der Waals surface area contributed by atoms with Gasteiger partial charge in [0.05, 0.1) is 12.6 Å². The Labute approximate surface area is 108 Å². The van der Waals surface area contributed by atoms with Gasteiger partial charge < -0.3 is 16.0 Å². The van der Waals surface area contributed by atoms with Gasteiger partial charge in [-0.15, -0.1) is 6.58 Å². The molecule has 0 spiro atoms. The lowest BCUT2D eigenvalue weighted by Gasteiger charge is -2.35. The minimum Gasteiger partial charge on any atom is -0.352 e. The summed E-state index contributed by atoms with van der Waals surface area (Å²) in [6.07, 6.45) is 1.65. The quantitative estimate of drug-likeness (QED) is 0.603. The fourth-order valence-corrected chi connectivity index (χ4v) is 1.86. The molecule has 18 heavy (non-hydrogen) atoms. The van der Waals surface area contributed by atoms with Gasteiger partial charge in [0, 0.05) is 32.7 Å². The van der Waals surface area contributed by atoms with Crippen LogP contribution >= 0.6 is 0 Å². The molecule has 3 N–H and O–H groups in total. The first-order chi connectivity index (χ1) is 8.54. The lowest BCUT2D eigenvalue weighted by atomic mass is 10.2. The second-order valence-corrected chi connectivity index (χ2v) is 4.48. The fourth-order valence-electron chi connectivity index (χ4n) is 1.86. The third kappa shape index (κ3) is 4.46. The molecule has 6 heteroatoms. The molecule has 0 aromatic rings. The first-order valence-electron chi connectivity index (χ1n) is 6.19. The van der Waals surface area contributed by atoms with E-state index in [2.05, 4.69) is 11.9 Å². The maximum Gasteiger partial charge on any atom is 0.239 e. The molecule has 0 radical (unpaired) electrons. The number of hydrogen-bond acceptors (Lipinski definition) is 4. The Morgan fingerprint density at radius 1 is 1.39 bits per heavy atom. The SMILES string of the molecule is C=CCNC(=O)CN1CCN(C(=O)[C@H](C)N)CC1. The van der Waals surface area contributed by atoms with Gasteiger partial charge in [0.15, 0.2) is 0 Å². The molecule has 0 bridgehead atoms. The van der Waals surface area contributed by atoms with Crippen LogP contribution in [0.3, 0.4) is 0 Å². The zero-order valence-electron chi connectivity index (χ0n) is 10.9. The Hall–Kier alpha value is -1.40. The van der Waals surface area contributed by atoms with Crippen molar-refractivity contribution < 1.29 is 9.59 Å². The lowest BCUT2D eigenvalue weighted by molar-refractivity contribution is -0.134. The molecule has 1 aliphatic rings. The molecule has 1 heterocycles. The summed E-state index contributed by atoms with van der Waals surface area (Å²) in [5.41, 5.74) is 5.56. The third-order valence-electron chi connectivity index (χ3n) is 2.88. The summed E-state index contributed by atoms with van der Waals surface area (Å²) in [6.45, 7) is 8.77. The van der Waals surface area contributed by atoms with Gasteiger partial charge in [-0.1, -0.05) is 6.08 Å². The highest BCUT2D eigenvalue weighted by Crippen LogP contribution is 2.03. The van der Waals surface area contributed by atoms with Gasteiger partial charge in [-0.3, -0.25) is 14.5 Å². The van der Waals surface area contributed by atoms with Crippen molar-refractivity contribution in [1.29, 1.82) is 0 Å². The van der Waals surface area contributed by atoms with E-state index >= 15 is 0 Å².